The Morgan fingerprint density at radius 1 is 0.643 bits per heavy atom. The summed E-state index contributed by atoms with van der Waals surface area (Å²) in [6.45, 7) is 6.12. The molecule has 1 heterocycles. The van der Waals surface area contributed by atoms with Gasteiger partial charge < -0.3 is 14.7 Å². The van der Waals surface area contributed by atoms with E-state index in [1.807, 2.05) is 0 Å². The average molecular weight is 593 g/mol. The zero-order chi connectivity index (χ0) is 30.4. The van der Waals surface area contributed by atoms with E-state index in [0.717, 1.165) is 51.6 Å². The second kappa shape index (κ2) is 29.5. The first kappa shape index (κ1) is 38.4. The summed E-state index contributed by atoms with van der Waals surface area (Å²) in [6.07, 6.45) is 32.9. The average Bonchev–Trinajstić information content (AvgIpc) is 3.42. The van der Waals surface area contributed by atoms with Gasteiger partial charge in [0, 0.05) is 32.4 Å². The van der Waals surface area contributed by atoms with Crippen molar-refractivity contribution in [3.63, 3.8) is 0 Å². The molecule has 0 aromatic rings. The number of hydrogen-bond acceptors (Lipinski definition) is 5. The van der Waals surface area contributed by atoms with Crippen LogP contribution in [0.4, 0.5) is 0 Å². The maximum absolute atomic E-state index is 11.9. The van der Waals surface area contributed by atoms with E-state index in [9.17, 15) is 9.59 Å². The third-order valence-electron chi connectivity index (χ3n) is 8.64. The van der Waals surface area contributed by atoms with E-state index < -0.39 is 5.97 Å². The van der Waals surface area contributed by atoms with Crippen LogP contribution in [-0.4, -0.2) is 54.0 Å². The molecule has 0 spiro atoms. The molecule has 0 aromatic heterocycles. The third-order valence-corrected chi connectivity index (χ3v) is 8.64. The van der Waals surface area contributed by atoms with E-state index in [1.165, 1.54) is 141 Å². The minimum atomic E-state index is -0.669. The second-order valence-electron chi connectivity index (χ2n) is 12.6. The van der Waals surface area contributed by atoms with E-state index in [0.29, 0.717) is 19.4 Å². The van der Waals surface area contributed by atoms with E-state index in [-0.39, 0.29) is 5.97 Å². The molecule has 0 saturated heterocycles. The van der Waals surface area contributed by atoms with Gasteiger partial charge in [0.1, 0.15) is 0 Å². The molecule has 6 heteroatoms. The highest BCUT2D eigenvalue weighted by Crippen LogP contribution is 2.16. The number of rotatable bonds is 32. The molecular weight excluding hydrogens is 524 g/mol. The number of carbonyl (C=O) groups is 2. The summed E-state index contributed by atoms with van der Waals surface area (Å²) < 4.78 is 5.40. The number of hydrogen-bond donors (Lipinski definition) is 1. The summed E-state index contributed by atoms with van der Waals surface area (Å²) in [5, 5.41) is 8.68. The van der Waals surface area contributed by atoms with Crippen LogP contribution in [0.25, 0.3) is 0 Å². The lowest BCUT2D eigenvalue weighted by Gasteiger charge is -2.20. The van der Waals surface area contributed by atoms with Crippen LogP contribution < -0.4 is 0 Å². The van der Waals surface area contributed by atoms with Crippen molar-refractivity contribution in [2.75, 3.05) is 26.2 Å². The van der Waals surface area contributed by atoms with Crippen molar-refractivity contribution in [1.82, 2.24) is 4.90 Å². The molecule has 0 saturated carbocycles. The molecule has 1 rings (SSSR count). The van der Waals surface area contributed by atoms with Crippen molar-refractivity contribution in [2.45, 2.75) is 187 Å². The Labute approximate surface area is 259 Å². The van der Waals surface area contributed by atoms with Gasteiger partial charge in [-0.15, -0.1) is 0 Å². The van der Waals surface area contributed by atoms with Crippen LogP contribution in [0.5, 0.6) is 0 Å². The maximum atomic E-state index is 11.9. The van der Waals surface area contributed by atoms with Crippen molar-refractivity contribution < 1.29 is 19.4 Å². The van der Waals surface area contributed by atoms with E-state index in [4.69, 9.17) is 14.8 Å². The number of carbonyl (C=O) groups excluding carboxylic acids is 1. The van der Waals surface area contributed by atoms with Gasteiger partial charge in [-0.3, -0.25) is 14.6 Å². The fourth-order valence-electron chi connectivity index (χ4n) is 5.93. The number of aliphatic imine (C=N–C) groups is 1. The molecule has 0 atom stereocenters. The summed E-state index contributed by atoms with van der Waals surface area (Å²) in [4.78, 5) is 29.7. The fourth-order valence-corrected chi connectivity index (χ4v) is 5.93. The number of carboxylic acid groups (broad SMARTS) is 1. The summed E-state index contributed by atoms with van der Waals surface area (Å²) in [6, 6.07) is 0. The quantitative estimate of drug-likeness (QED) is 0.0621. The standard InChI is InChI=1S/C36H68N2O4/c1-2-3-4-5-6-16-21-26-33-42-36(41)29-24-19-14-8-7-11-15-20-25-31-38-32-30-37-34(38)27-22-17-12-9-10-13-18-23-28-35(39)40/h2-33H2,1H3,(H,39,40). The number of nitrogens with zero attached hydrogens (tertiary/aromatic N) is 2. The lowest BCUT2D eigenvalue weighted by molar-refractivity contribution is -0.144. The van der Waals surface area contributed by atoms with Crippen LogP contribution in [0.2, 0.25) is 0 Å². The molecule has 0 amide bonds. The molecule has 0 unspecified atom stereocenters. The van der Waals surface area contributed by atoms with E-state index in [1.54, 1.807) is 0 Å². The van der Waals surface area contributed by atoms with E-state index >= 15 is 0 Å². The molecule has 0 aromatic carbocycles. The highest BCUT2D eigenvalue weighted by molar-refractivity contribution is 5.83. The van der Waals surface area contributed by atoms with Gasteiger partial charge >= 0.3 is 11.9 Å². The first-order valence-corrected chi connectivity index (χ1v) is 18.3. The van der Waals surface area contributed by atoms with Crippen molar-refractivity contribution in [3.8, 4) is 0 Å². The summed E-state index contributed by atoms with van der Waals surface area (Å²) >= 11 is 0. The molecule has 0 bridgehead atoms. The number of aliphatic carboxylic acids is 1. The van der Waals surface area contributed by atoms with Crippen molar-refractivity contribution in [3.05, 3.63) is 0 Å². The van der Waals surface area contributed by atoms with Crippen LogP contribution in [0.3, 0.4) is 0 Å². The third kappa shape index (κ3) is 25.0. The Morgan fingerprint density at radius 3 is 1.69 bits per heavy atom. The summed E-state index contributed by atoms with van der Waals surface area (Å²) in [5.41, 5.74) is 0. The Morgan fingerprint density at radius 2 is 1.12 bits per heavy atom. The minimum absolute atomic E-state index is 0.00227. The molecular formula is C36H68N2O4. The monoisotopic (exact) mass is 593 g/mol. The lowest BCUT2D eigenvalue weighted by atomic mass is 10.1. The zero-order valence-electron chi connectivity index (χ0n) is 27.7. The SMILES string of the molecule is CCCCCCCCCCOC(=O)CCCCCCCCCCCN1CCN=C1CCCCCCCCCCC(=O)O. The molecule has 0 fully saturated rings. The van der Waals surface area contributed by atoms with Crippen LogP contribution in [0.15, 0.2) is 4.99 Å². The van der Waals surface area contributed by atoms with Gasteiger partial charge in [0.2, 0.25) is 0 Å². The lowest BCUT2D eigenvalue weighted by Crippen LogP contribution is -2.28. The zero-order valence-corrected chi connectivity index (χ0v) is 27.7. The number of amidine groups is 1. The number of unbranched alkanes of at least 4 members (excludes halogenated alkanes) is 22. The molecule has 246 valence electrons. The highest BCUT2D eigenvalue weighted by Gasteiger charge is 2.15. The Hall–Kier alpha value is -1.59. The number of esters is 1. The summed E-state index contributed by atoms with van der Waals surface area (Å²) in [7, 11) is 0. The normalized spacial score (nSPS) is 13.1. The van der Waals surface area contributed by atoms with Gasteiger partial charge in [-0.25, -0.2) is 0 Å². The molecule has 0 radical (unpaired) electrons. The van der Waals surface area contributed by atoms with Crippen LogP contribution in [-0.2, 0) is 14.3 Å². The van der Waals surface area contributed by atoms with Crippen LogP contribution >= 0.6 is 0 Å². The van der Waals surface area contributed by atoms with Gasteiger partial charge in [-0.2, -0.15) is 0 Å². The van der Waals surface area contributed by atoms with Crippen molar-refractivity contribution >= 4 is 17.8 Å². The number of ether oxygens (including phenoxy) is 1. The largest absolute Gasteiger partial charge is 0.481 e. The van der Waals surface area contributed by atoms with Gasteiger partial charge in [0.25, 0.3) is 0 Å². The predicted molar refractivity (Wildman–Crippen MR) is 177 cm³/mol. The Bertz CT molecular complexity index is 667. The smallest absolute Gasteiger partial charge is 0.305 e. The van der Waals surface area contributed by atoms with E-state index in [2.05, 4.69) is 11.8 Å². The molecule has 0 aliphatic carbocycles. The molecule has 42 heavy (non-hydrogen) atoms. The topological polar surface area (TPSA) is 79.2 Å². The van der Waals surface area contributed by atoms with Gasteiger partial charge in [0.05, 0.1) is 19.0 Å². The highest BCUT2D eigenvalue weighted by atomic mass is 16.5. The number of carboxylic acids is 1. The maximum Gasteiger partial charge on any atom is 0.305 e. The van der Waals surface area contributed by atoms with Crippen LogP contribution in [0.1, 0.15) is 187 Å². The fraction of sp³-hybridized carbons (Fsp3) is 0.917. The first-order valence-electron chi connectivity index (χ1n) is 18.3. The molecule has 1 aliphatic rings. The first-order chi connectivity index (χ1) is 20.6. The van der Waals surface area contributed by atoms with Gasteiger partial charge in [-0.05, 0) is 32.1 Å². The Kier molecular flexibility index (Phi) is 27.0. The minimum Gasteiger partial charge on any atom is -0.481 e. The predicted octanol–water partition coefficient (Wildman–Crippen LogP) is 10.3. The van der Waals surface area contributed by atoms with Gasteiger partial charge in [-0.1, -0.05) is 135 Å². The summed E-state index contributed by atoms with van der Waals surface area (Å²) in [5.74, 6) is 0.681. The van der Waals surface area contributed by atoms with Gasteiger partial charge in [0.15, 0.2) is 0 Å². The van der Waals surface area contributed by atoms with Crippen LogP contribution in [0, 0.1) is 0 Å². The van der Waals surface area contributed by atoms with Crippen molar-refractivity contribution in [2.24, 2.45) is 4.99 Å². The molecule has 1 aliphatic heterocycles. The molecule has 1 N–H and O–H groups in total. The van der Waals surface area contributed by atoms with Crippen molar-refractivity contribution in [1.29, 1.82) is 0 Å². The second-order valence-corrected chi connectivity index (χ2v) is 12.6. The Balaban J connectivity index is 1.82. The molecule has 6 nitrogen and oxygen atoms in total.